The lowest BCUT2D eigenvalue weighted by Crippen LogP contribution is -2.26. The predicted octanol–water partition coefficient (Wildman–Crippen LogP) is 4.61. The van der Waals surface area contributed by atoms with Crippen LogP contribution in [-0.2, 0) is 11.3 Å². The molecular formula is C28H29N3O3. The number of para-hydroxylation sites is 2. The Balaban J connectivity index is 1.38. The number of nitrogens with zero attached hydrogens (tertiary/aromatic N) is 3. The van der Waals surface area contributed by atoms with Crippen molar-refractivity contribution in [2.75, 3.05) is 18.1 Å². The molecule has 1 aromatic heterocycles. The third-order valence-electron chi connectivity index (χ3n) is 6.35. The molecule has 174 valence electrons. The molecule has 0 unspecified atom stereocenters. The van der Waals surface area contributed by atoms with Crippen molar-refractivity contribution >= 4 is 22.6 Å². The number of fused-ring (bicyclic) bond motifs is 1. The van der Waals surface area contributed by atoms with Crippen LogP contribution in [0.15, 0.2) is 72.8 Å². The Kier molecular flexibility index (Phi) is 6.07. The highest BCUT2D eigenvalue weighted by molar-refractivity contribution is 5.96. The zero-order valence-corrected chi connectivity index (χ0v) is 19.5. The summed E-state index contributed by atoms with van der Waals surface area (Å²) in [5.74, 6) is 1.62. The average molecular weight is 456 g/mol. The predicted molar refractivity (Wildman–Crippen MR) is 133 cm³/mol. The van der Waals surface area contributed by atoms with Crippen LogP contribution in [0.3, 0.4) is 0 Å². The lowest BCUT2D eigenvalue weighted by atomic mass is 10.1. The number of imidazole rings is 1. The molecule has 2 atom stereocenters. The van der Waals surface area contributed by atoms with Gasteiger partial charge in [0.1, 0.15) is 24.3 Å². The van der Waals surface area contributed by atoms with E-state index in [9.17, 15) is 9.90 Å². The number of hydrogen-bond acceptors (Lipinski definition) is 4. The van der Waals surface area contributed by atoms with Gasteiger partial charge in [0.2, 0.25) is 5.91 Å². The van der Waals surface area contributed by atoms with Crippen molar-refractivity contribution in [3.63, 3.8) is 0 Å². The zero-order valence-electron chi connectivity index (χ0n) is 19.5. The van der Waals surface area contributed by atoms with Gasteiger partial charge in [0.25, 0.3) is 0 Å². The molecular weight excluding hydrogens is 426 g/mol. The van der Waals surface area contributed by atoms with Crippen molar-refractivity contribution in [2.45, 2.75) is 38.8 Å². The summed E-state index contributed by atoms with van der Waals surface area (Å²) in [6.07, 6.45) is -0.324. The van der Waals surface area contributed by atoms with E-state index in [0.717, 1.165) is 39.4 Å². The van der Waals surface area contributed by atoms with Gasteiger partial charge in [-0.3, -0.25) is 4.79 Å². The van der Waals surface area contributed by atoms with E-state index in [1.165, 1.54) is 0 Å². The van der Waals surface area contributed by atoms with Crippen molar-refractivity contribution in [3.05, 3.63) is 89.7 Å². The van der Waals surface area contributed by atoms with E-state index in [1.807, 2.05) is 91.5 Å². The van der Waals surface area contributed by atoms with Gasteiger partial charge in [0, 0.05) is 24.6 Å². The number of carbonyl (C=O) groups excluding carboxylic acids is 1. The minimum atomic E-state index is -0.720. The van der Waals surface area contributed by atoms with Gasteiger partial charge in [-0.1, -0.05) is 42.0 Å². The summed E-state index contributed by atoms with van der Waals surface area (Å²) in [6, 6.07) is 23.7. The Morgan fingerprint density at radius 1 is 1.03 bits per heavy atom. The van der Waals surface area contributed by atoms with Gasteiger partial charge in [-0.05, 0) is 55.8 Å². The van der Waals surface area contributed by atoms with Crippen LogP contribution in [0.5, 0.6) is 5.75 Å². The van der Waals surface area contributed by atoms with Crippen LogP contribution in [0.25, 0.3) is 11.0 Å². The standard InChI is InChI=1S/C28H29N3O3/c1-19-10-12-22(13-11-19)30-16-21(15-27(30)33)28-29-25-8-3-4-9-26(25)31(28)17-23(32)18-34-24-7-5-6-20(2)14-24/h3-14,21,23,32H,15-18H2,1-2H3/t21-,23+/m0/s1. The van der Waals surface area contributed by atoms with Crippen molar-refractivity contribution in [1.82, 2.24) is 9.55 Å². The first-order valence-electron chi connectivity index (χ1n) is 11.7. The summed E-state index contributed by atoms with van der Waals surface area (Å²) in [4.78, 5) is 19.6. The van der Waals surface area contributed by atoms with E-state index in [0.29, 0.717) is 19.5 Å². The lowest BCUT2D eigenvalue weighted by Gasteiger charge is -2.19. The van der Waals surface area contributed by atoms with Gasteiger partial charge >= 0.3 is 0 Å². The fourth-order valence-electron chi connectivity index (χ4n) is 4.61. The second kappa shape index (κ2) is 9.31. The van der Waals surface area contributed by atoms with Crippen molar-refractivity contribution < 1.29 is 14.6 Å². The SMILES string of the molecule is Cc1ccc(N2C[C@@H](c3nc4ccccc4n3C[C@@H](O)COc3cccc(C)c3)CC2=O)cc1. The quantitative estimate of drug-likeness (QED) is 0.442. The summed E-state index contributed by atoms with van der Waals surface area (Å²) in [7, 11) is 0. The van der Waals surface area contributed by atoms with Gasteiger partial charge in [0.15, 0.2) is 0 Å². The van der Waals surface area contributed by atoms with Gasteiger partial charge in [-0.15, -0.1) is 0 Å². The van der Waals surface area contributed by atoms with E-state index in [-0.39, 0.29) is 18.4 Å². The molecule has 3 aromatic carbocycles. The molecule has 1 amide bonds. The molecule has 0 radical (unpaired) electrons. The number of aryl methyl sites for hydroxylation is 2. The fourth-order valence-corrected chi connectivity index (χ4v) is 4.61. The summed E-state index contributed by atoms with van der Waals surface area (Å²) in [5, 5.41) is 10.8. The van der Waals surface area contributed by atoms with Crippen LogP contribution in [0, 0.1) is 13.8 Å². The third kappa shape index (κ3) is 4.54. The fraction of sp³-hybridized carbons (Fsp3) is 0.286. The van der Waals surface area contributed by atoms with Gasteiger partial charge < -0.3 is 19.3 Å². The molecule has 0 spiro atoms. The van der Waals surface area contributed by atoms with Crippen LogP contribution in [0.4, 0.5) is 5.69 Å². The van der Waals surface area contributed by atoms with Crippen LogP contribution in [-0.4, -0.2) is 39.8 Å². The number of ether oxygens (including phenoxy) is 1. The summed E-state index contributed by atoms with van der Waals surface area (Å²) < 4.78 is 7.88. The number of anilines is 1. The minimum Gasteiger partial charge on any atom is -0.491 e. The first-order valence-corrected chi connectivity index (χ1v) is 11.7. The number of benzene rings is 3. The number of aliphatic hydroxyl groups excluding tert-OH is 1. The monoisotopic (exact) mass is 455 g/mol. The topological polar surface area (TPSA) is 67.6 Å². The smallest absolute Gasteiger partial charge is 0.227 e. The van der Waals surface area contributed by atoms with Crippen molar-refractivity contribution in [3.8, 4) is 5.75 Å². The molecule has 2 heterocycles. The first-order chi connectivity index (χ1) is 16.5. The molecule has 6 heteroatoms. The molecule has 5 rings (SSSR count). The maximum atomic E-state index is 12.9. The van der Waals surface area contributed by atoms with Gasteiger partial charge in [-0.25, -0.2) is 4.98 Å². The maximum Gasteiger partial charge on any atom is 0.227 e. The zero-order chi connectivity index (χ0) is 23.7. The Bertz CT molecular complexity index is 1310. The van der Waals surface area contributed by atoms with E-state index in [4.69, 9.17) is 9.72 Å². The number of aromatic nitrogens is 2. The van der Waals surface area contributed by atoms with E-state index >= 15 is 0 Å². The molecule has 4 aromatic rings. The second-order valence-corrected chi connectivity index (χ2v) is 9.09. The van der Waals surface area contributed by atoms with E-state index in [2.05, 4.69) is 4.57 Å². The van der Waals surface area contributed by atoms with Crippen LogP contribution < -0.4 is 9.64 Å². The second-order valence-electron chi connectivity index (χ2n) is 9.09. The molecule has 6 nitrogen and oxygen atoms in total. The third-order valence-corrected chi connectivity index (χ3v) is 6.35. The largest absolute Gasteiger partial charge is 0.491 e. The number of rotatable bonds is 7. The Morgan fingerprint density at radius 2 is 1.82 bits per heavy atom. The van der Waals surface area contributed by atoms with Crippen LogP contribution >= 0.6 is 0 Å². The average Bonchev–Trinajstić information content (AvgIpc) is 3.39. The summed E-state index contributed by atoms with van der Waals surface area (Å²) in [5.41, 5.74) is 5.00. The lowest BCUT2D eigenvalue weighted by molar-refractivity contribution is -0.117. The number of hydrogen-bond donors (Lipinski definition) is 1. The maximum absolute atomic E-state index is 12.9. The highest BCUT2D eigenvalue weighted by Gasteiger charge is 2.35. The highest BCUT2D eigenvalue weighted by Crippen LogP contribution is 2.33. The molecule has 1 aliphatic rings. The van der Waals surface area contributed by atoms with Crippen LogP contribution in [0.1, 0.15) is 29.3 Å². The number of amides is 1. The molecule has 1 aliphatic heterocycles. The number of aliphatic hydroxyl groups is 1. The molecule has 1 N–H and O–H groups in total. The molecule has 0 aliphatic carbocycles. The Morgan fingerprint density at radius 3 is 2.62 bits per heavy atom. The molecule has 1 fully saturated rings. The van der Waals surface area contributed by atoms with Crippen molar-refractivity contribution in [1.29, 1.82) is 0 Å². The Hall–Kier alpha value is -3.64. The van der Waals surface area contributed by atoms with Gasteiger partial charge in [-0.2, -0.15) is 0 Å². The molecule has 34 heavy (non-hydrogen) atoms. The van der Waals surface area contributed by atoms with Gasteiger partial charge in [0.05, 0.1) is 17.6 Å². The van der Waals surface area contributed by atoms with Crippen molar-refractivity contribution in [2.24, 2.45) is 0 Å². The van der Waals surface area contributed by atoms with E-state index in [1.54, 1.807) is 0 Å². The molecule has 0 bridgehead atoms. The summed E-state index contributed by atoms with van der Waals surface area (Å²) in [6.45, 7) is 5.14. The number of carbonyl (C=O) groups is 1. The first kappa shape index (κ1) is 22.2. The summed E-state index contributed by atoms with van der Waals surface area (Å²) >= 11 is 0. The van der Waals surface area contributed by atoms with Crippen LogP contribution in [0.2, 0.25) is 0 Å². The minimum absolute atomic E-state index is 0.0499. The van der Waals surface area contributed by atoms with E-state index < -0.39 is 6.10 Å². The highest BCUT2D eigenvalue weighted by atomic mass is 16.5. The molecule has 0 saturated carbocycles. The Labute approximate surface area is 199 Å². The normalized spacial score (nSPS) is 16.9. The molecule has 1 saturated heterocycles.